The second-order valence-corrected chi connectivity index (χ2v) is 4.94. The number of aromatic carboxylic acids is 1. The van der Waals surface area contributed by atoms with Crippen molar-refractivity contribution in [2.45, 2.75) is 19.5 Å². The van der Waals surface area contributed by atoms with Gasteiger partial charge in [0.15, 0.2) is 0 Å². The van der Waals surface area contributed by atoms with Crippen molar-refractivity contribution in [3.63, 3.8) is 0 Å². The number of hydrogen-bond acceptors (Lipinski definition) is 3. The molecule has 0 bridgehead atoms. The number of carboxylic acid groups (broad SMARTS) is 1. The summed E-state index contributed by atoms with van der Waals surface area (Å²) in [4.78, 5) is 10.7. The van der Waals surface area contributed by atoms with E-state index in [9.17, 15) is 4.79 Å². The van der Waals surface area contributed by atoms with E-state index in [-0.39, 0.29) is 0 Å². The molecule has 1 unspecified atom stereocenters. The van der Waals surface area contributed by atoms with Crippen molar-refractivity contribution in [1.29, 1.82) is 0 Å². The Morgan fingerprint density at radius 2 is 2.06 bits per heavy atom. The summed E-state index contributed by atoms with van der Waals surface area (Å²) < 4.78 is 0. The summed E-state index contributed by atoms with van der Waals surface area (Å²) in [5, 5.41) is 16.4. The van der Waals surface area contributed by atoms with Gasteiger partial charge in [0.1, 0.15) is 0 Å². The smallest absolute Gasteiger partial charge is 0.335 e. The van der Waals surface area contributed by atoms with Crippen LogP contribution in [0.5, 0.6) is 0 Å². The van der Waals surface area contributed by atoms with Gasteiger partial charge in [-0.1, -0.05) is 12.1 Å². The van der Waals surface area contributed by atoms with Crippen molar-refractivity contribution in [3.8, 4) is 0 Å². The molecule has 0 aliphatic carbocycles. The molecule has 4 heteroatoms. The maximum atomic E-state index is 10.7. The van der Waals surface area contributed by atoms with Crippen molar-refractivity contribution < 1.29 is 9.90 Å². The zero-order valence-corrected chi connectivity index (χ0v) is 10.9. The highest BCUT2D eigenvalue weighted by molar-refractivity contribution is 7.07. The number of rotatable bonds is 5. The minimum Gasteiger partial charge on any atom is -0.478 e. The minimum atomic E-state index is -0.888. The first-order valence-electron chi connectivity index (χ1n) is 5.74. The molecule has 1 heterocycles. The third-order valence-electron chi connectivity index (χ3n) is 2.86. The highest BCUT2D eigenvalue weighted by Gasteiger charge is 2.05. The van der Waals surface area contributed by atoms with Crippen LogP contribution in [-0.2, 0) is 6.54 Å². The quantitative estimate of drug-likeness (QED) is 0.868. The molecule has 94 valence electrons. The zero-order chi connectivity index (χ0) is 13.0. The Morgan fingerprint density at radius 3 is 2.61 bits per heavy atom. The lowest BCUT2D eigenvalue weighted by molar-refractivity contribution is 0.0697. The number of benzene rings is 1. The first-order chi connectivity index (χ1) is 8.66. The number of carboxylic acids is 1. The summed E-state index contributed by atoms with van der Waals surface area (Å²) in [6.07, 6.45) is 0. The van der Waals surface area contributed by atoms with E-state index < -0.39 is 5.97 Å². The summed E-state index contributed by atoms with van der Waals surface area (Å²) in [5.41, 5.74) is 2.69. The second-order valence-electron chi connectivity index (χ2n) is 4.16. The highest BCUT2D eigenvalue weighted by atomic mass is 32.1. The van der Waals surface area contributed by atoms with E-state index in [0.717, 1.165) is 12.1 Å². The second kappa shape index (κ2) is 5.80. The molecule has 0 saturated carbocycles. The van der Waals surface area contributed by atoms with Crippen LogP contribution in [-0.4, -0.2) is 11.1 Å². The first kappa shape index (κ1) is 12.8. The fraction of sp³-hybridized carbons (Fsp3) is 0.214. The van der Waals surface area contributed by atoms with Gasteiger partial charge in [0.05, 0.1) is 5.56 Å². The van der Waals surface area contributed by atoms with E-state index in [1.165, 1.54) is 5.56 Å². The number of thiophene rings is 1. The van der Waals surface area contributed by atoms with Gasteiger partial charge >= 0.3 is 5.97 Å². The molecule has 2 N–H and O–H groups in total. The molecular formula is C14H15NO2S. The summed E-state index contributed by atoms with van der Waals surface area (Å²) in [6, 6.07) is 9.36. The number of hydrogen-bond donors (Lipinski definition) is 2. The van der Waals surface area contributed by atoms with Gasteiger partial charge in [-0.3, -0.25) is 0 Å². The van der Waals surface area contributed by atoms with E-state index in [4.69, 9.17) is 5.11 Å². The van der Waals surface area contributed by atoms with E-state index >= 15 is 0 Å². The molecule has 0 saturated heterocycles. The summed E-state index contributed by atoms with van der Waals surface area (Å²) >= 11 is 1.69. The largest absolute Gasteiger partial charge is 0.478 e. The third kappa shape index (κ3) is 3.18. The van der Waals surface area contributed by atoms with Gasteiger partial charge in [0.25, 0.3) is 0 Å². The Balaban J connectivity index is 1.92. The van der Waals surface area contributed by atoms with Crippen molar-refractivity contribution >= 4 is 17.3 Å². The summed E-state index contributed by atoms with van der Waals surface area (Å²) in [6.45, 7) is 2.85. The van der Waals surface area contributed by atoms with Gasteiger partial charge in [-0.25, -0.2) is 4.79 Å². The summed E-state index contributed by atoms with van der Waals surface area (Å²) in [7, 11) is 0. The van der Waals surface area contributed by atoms with Crippen molar-refractivity contribution in [1.82, 2.24) is 5.32 Å². The molecule has 1 atom stereocenters. The van der Waals surface area contributed by atoms with Crippen LogP contribution in [0.2, 0.25) is 0 Å². The standard InChI is InChI=1S/C14H15NO2S/c1-10(13-6-7-18-9-13)15-8-11-2-4-12(5-3-11)14(16)17/h2-7,9-10,15H,8H2,1H3,(H,16,17). The minimum absolute atomic E-state index is 0.301. The van der Waals surface area contributed by atoms with Crippen molar-refractivity contribution in [3.05, 3.63) is 57.8 Å². The Morgan fingerprint density at radius 1 is 1.33 bits per heavy atom. The maximum Gasteiger partial charge on any atom is 0.335 e. The zero-order valence-electron chi connectivity index (χ0n) is 10.1. The van der Waals surface area contributed by atoms with Crippen LogP contribution in [0.3, 0.4) is 0 Å². The maximum absolute atomic E-state index is 10.7. The third-order valence-corrected chi connectivity index (χ3v) is 3.56. The molecule has 3 nitrogen and oxygen atoms in total. The average Bonchev–Trinajstić information content (AvgIpc) is 2.90. The molecule has 0 radical (unpaired) electrons. The molecule has 1 aromatic heterocycles. The van der Waals surface area contributed by atoms with Gasteiger partial charge < -0.3 is 10.4 Å². The Kier molecular flexibility index (Phi) is 4.12. The van der Waals surface area contributed by atoms with E-state index in [0.29, 0.717) is 11.6 Å². The molecule has 0 aliphatic heterocycles. The van der Waals surface area contributed by atoms with Gasteiger partial charge in [-0.15, -0.1) is 0 Å². The molecular weight excluding hydrogens is 246 g/mol. The fourth-order valence-corrected chi connectivity index (χ4v) is 2.43. The van der Waals surface area contributed by atoms with Crippen LogP contribution in [0.1, 0.15) is 34.5 Å². The van der Waals surface area contributed by atoms with Gasteiger partial charge in [0.2, 0.25) is 0 Å². The molecule has 0 amide bonds. The average molecular weight is 261 g/mol. The van der Waals surface area contributed by atoms with Gasteiger partial charge in [-0.2, -0.15) is 11.3 Å². The number of carbonyl (C=O) groups is 1. The lowest BCUT2D eigenvalue weighted by Gasteiger charge is -2.12. The molecule has 0 aliphatic rings. The Labute approximate surface area is 110 Å². The molecule has 18 heavy (non-hydrogen) atoms. The van der Waals surface area contributed by atoms with Crippen LogP contribution >= 0.6 is 11.3 Å². The van der Waals surface area contributed by atoms with E-state index in [1.54, 1.807) is 23.5 Å². The molecule has 1 aromatic carbocycles. The van der Waals surface area contributed by atoms with E-state index in [2.05, 4.69) is 29.1 Å². The summed E-state index contributed by atoms with van der Waals surface area (Å²) in [5.74, 6) is -0.888. The topological polar surface area (TPSA) is 49.3 Å². The number of nitrogens with one attached hydrogen (secondary N) is 1. The van der Waals surface area contributed by atoms with Crippen molar-refractivity contribution in [2.75, 3.05) is 0 Å². The molecule has 0 fully saturated rings. The SMILES string of the molecule is CC(NCc1ccc(C(=O)O)cc1)c1ccsc1. The lowest BCUT2D eigenvalue weighted by Crippen LogP contribution is -2.17. The van der Waals surface area contributed by atoms with Crippen molar-refractivity contribution in [2.24, 2.45) is 0 Å². The van der Waals surface area contributed by atoms with Gasteiger partial charge in [0, 0.05) is 12.6 Å². The first-order valence-corrected chi connectivity index (χ1v) is 6.69. The predicted octanol–water partition coefficient (Wildman–Crippen LogP) is 3.30. The fourth-order valence-electron chi connectivity index (χ4n) is 1.68. The van der Waals surface area contributed by atoms with Crippen LogP contribution in [0, 0.1) is 0 Å². The van der Waals surface area contributed by atoms with Crippen LogP contribution in [0.25, 0.3) is 0 Å². The molecule has 2 aromatic rings. The Bertz CT molecular complexity index is 505. The van der Waals surface area contributed by atoms with E-state index in [1.807, 2.05) is 12.1 Å². The molecule has 2 rings (SSSR count). The van der Waals surface area contributed by atoms with Gasteiger partial charge in [-0.05, 0) is 47.0 Å². The normalized spacial score (nSPS) is 12.3. The lowest BCUT2D eigenvalue weighted by atomic mass is 10.1. The molecule has 0 spiro atoms. The van der Waals surface area contributed by atoms with Crippen LogP contribution in [0.4, 0.5) is 0 Å². The predicted molar refractivity (Wildman–Crippen MR) is 73.0 cm³/mol. The monoisotopic (exact) mass is 261 g/mol. The van der Waals surface area contributed by atoms with Crippen LogP contribution < -0.4 is 5.32 Å². The van der Waals surface area contributed by atoms with Crippen LogP contribution in [0.15, 0.2) is 41.1 Å². The highest BCUT2D eigenvalue weighted by Crippen LogP contribution is 2.16. The Hall–Kier alpha value is -1.65.